The molecule has 0 saturated carbocycles. The SMILES string of the molecule is O=C(Nc1ccc(Cl)c(F)c1)c1c[nH]c2ccccc12. The maximum Gasteiger partial charge on any atom is 0.257 e. The molecule has 2 N–H and O–H groups in total. The van der Waals surface area contributed by atoms with Gasteiger partial charge in [-0.15, -0.1) is 0 Å². The van der Waals surface area contributed by atoms with E-state index in [4.69, 9.17) is 11.6 Å². The van der Waals surface area contributed by atoms with Crippen LogP contribution in [0.4, 0.5) is 10.1 Å². The quantitative estimate of drug-likeness (QED) is 0.729. The second-order valence-electron chi connectivity index (χ2n) is 4.33. The highest BCUT2D eigenvalue weighted by Crippen LogP contribution is 2.21. The number of nitrogens with one attached hydrogen (secondary N) is 2. The van der Waals surface area contributed by atoms with Gasteiger partial charge in [-0.05, 0) is 24.3 Å². The van der Waals surface area contributed by atoms with Gasteiger partial charge >= 0.3 is 0 Å². The van der Waals surface area contributed by atoms with E-state index < -0.39 is 5.82 Å². The Labute approximate surface area is 119 Å². The zero-order valence-corrected chi connectivity index (χ0v) is 11.0. The van der Waals surface area contributed by atoms with E-state index in [0.717, 1.165) is 10.9 Å². The Bertz CT molecular complexity index is 797. The lowest BCUT2D eigenvalue weighted by molar-refractivity contribution is 0.102. The number of anilines is 1. The van der Waals surface area contributed by atoms with E-state index in [1.54, 1.807) is 12.3 Å². The number of halogens is 2. The van der Waals surface area contributed by atoms with E-state index in [2.05, 4.69) is 10.3 Å². The molecule has 0 spiro atoms. The highest BCUT2D eigenvalue weighted by atomic mass is 35.5. The first-order valence-corrected chi connectivity index (χ1v) is 6.35. The van der Waals surface area contributed by atoms with Crippen LogP contribution in [-0.4, -0.2) is 10.9 Å². The Morgan fingerprint density at radius 3 is 2.80 bits per heavy atom. The molecule has 3 nitrogen and oxygen atoms in total. The normalized spacial score (nSPS) is 10.7. The Hall–Kier alpha value is -2.33. The number of rotatable bonds is 2. The molecular weight excluding hydrogens is 279 g/mol. The van der Waals surface area contributed by atoms with E-state index in [1.165, 1.54) is 12.1 Å². The fraction of sp³-hybridized carbons (Fsp3) is 0. The van der Waals surface area contributed by atoms with Crippen molar-refractivity contribution in [1.82, 2.24) is 4.98 Å². The van der Waals surface area contributed by atoms with Crippen LogP contribution < -0.4 is 5.32 Å². The predicted octanol–water partition coefficient (Wildman–Crippen LogP) is 4.21. The van der Waals surface area contributed by atoms with Gasteiger partial charge < -0.3 is 10.3 Å². The molecule has 3 aromatic rings. The van der Waals surface area contributed by atoms with Crippen LogP contribution in [0.1, 0.15) is 10.4 Å². The standard InChI is InChI=1S/C15H10ClFN2O/c16-12-6-5-9(7-13(12)17)19-15(20)11-8-18-14-4-2-1-3-10(11)14/h1-8,18H,(H,19,20). The number of fused-ring (bicyclic) bond motifs is 1. The molecule has 1 heterocycles. The first kappa shape index (κ1) is 12.7. The summed E-state index contributed by atoms with van der Waals surface area (Å²) in [5.74, 6) is -0.868. The minimum atomic E-state index is -0.566. The minimum Gasteiger partial charge on any atom is -0.360 e. The highest BCUT2D eigenvalue weighted by Gasteiger charge is 2.12. The lowest BCUT2D eigenvalue weighted by Crippen LogP contribution is -2.11. The van der Waals surface area contributed by atoms with Crippen molar-refractivity contribution in [3.8, 4) is 0 Å². The number of hydrogen-bond donors (Lipinski definition) is 2. The van der Waals surface area contributed by atoms with Crippen LogP contribution in [0.15, 0.2) is 48.7 Å². The van der Waals surface area contributed by atoms with Crippen molar-refractivity contribution in [2.75, 3.05) is 5.32 Å². The van der Waals surface area contributed by atoms with Crippen LogP contribution in [-0.2, 0) is 0 Å². The predicted molar refractivity (Wildman–Crippen MR) is 77.7 cm³/mol. The number of amides is 1. The molecule has 2 aromatic carbocycles. The van der Waals surface area contributed by atoms with Crippen LogP contribution in [0.2, 0.25) is 5.02 Å². The molecule has 0 unspecified atom stereocenters. The van der Waals surface area contributed by atoms with Gasteiger partial charge in [-0.25, -0.2) is 4.39 Å². The third-order valence-corrected chi connectivity index (χ3v) is 3.32. The zero-order valence-electron chi connectivity index (χ0n) is 10.3. The van der Waals surface area contributed by atoms with E-state index >= 15 is 0 Å². The van der Waals surface area contributed by atoms with Crippen molar-refractivity contribution >= 4 is 34.1 Å². The van der Waals surface area contributed by atoms with Crippen LogP contribution in [0.25, 0.3) is 10.9 Å². The Kier molecular flexibility index (Phi) is 3.16. The highest BCUT2D eigenvalue weighted by molar-refractivity contribution is 6.30. The molecule has 0 aliphatic rings. The molecular formula is C15H10ClFN2O. The fourth-order valence-electron chi connectivity index (χ4n) is 2.03. The zero-order chi connectivity index (χ0) is 14.1. The monoisotopic (exact) mass is 288 g/mol. The van der Waals surface area contributed by atoms with Gasteiger partial charge in [0.2, 0.25) is 0 Å². The largest absolute Gasteiger partial charge is 0.360 e. The van der Waals surface area contributed by atoms with Gasteiger partial charge in [-0.1, -0.05) is 29.8 Å². The molecule has 0 fully saturated rings. The maximum atomic E-state index is 13.3. The van der Waals surface area contributed by atoms with Crippen LogP contribution in [0.5, 0.6) is 0 Å². The van der Waals surface area contributed by atoms with Gasteiger partial charge in [0.05, 0.1) is 10.6 Å². The lowest BCUT2D eigenvalue weighted by atomic mass is 10.1. The minimum absolute atomic E-state index is 0.0232. The van der Waals surface area contributed by atoms with Crippen molar-refractivity contribution in [2.45, 2.75) is 0 Å². The first-order valence-electron chi connectivity index (χ1n) is 5.97. The maximum absolute atomic E-state index is 13.3. The van der Waals surface area contributed by atoms with Crippen LogP contribution in [0.3, 0.4) is 0 Å². The van der Waals surface area contributed by atoms with E-state index in [-0.39, 0.29) is 10.9 Å². The second-order valence-corrected chi connectivity index (χ2v) is 4.74. The van der Waals surface area contributed by atoms with Crippen molar-refractivity contribution in [3.63, 3.8) is 0 Å². The van der Waals surface area contributed by atoms with Gasteiger partial charge in [0.1, 0.15) is 5.82 Å². The third kappa shape index (κ3) is 2.26. The molecule has 1 amide bonds. The van der Waals surface area contributed by atoms with Gasteiger partial charge in [0.15, 0.2) is 0 Å². The average molecular weight is 289 g/mol. The summed E-state index contributed by atoms with van der Waals surface area (Å²) in [6, 6.07) is 11.6. The number of carbonyl (C=O) groups is 1. The summed E-state index contributed by atoms with van der Waals surface area (Å²) in [5.41, 5.74) is 1.75. The third-order valence-electron chi connectivity index (χ3n) is 3.01. The molecule has 5 heteroatoms. The van der Waals surface area contributed by atoms with Gasteiger partial charge in [-0.2, -0.15) is 0 Å². The average Bonchev–Trinajstić information content (AvgIpc) is 2.87. The number of para-hydroxylation sites is 1. The molecule has 3 rings (SSSR count). The number of H-pyrrole nitrogens is 1. The second kappa shape index (κ2) is 4.98. The van der Waals surface area contributed by atoms with Gasteiger partial charge in [-0.3, -0.25) is 4.79 Å². The van der Waals surface area contributed by atoms with Crippen molar-refractivity contribution < 1.29 is 9.18 Å². The molecule has 0 bridgehead atoms. The number of carbonyl (C=O) groups excluding carboxylic acids is 1. The summed E-state index contributed by atoms with van der Waals surface area (Å²) in [6.07, 6.45) is 1.63. The van der Waals surface area contributed by atoms with Crippen LogP contribution >= 0.6 is 11.6 Å². The summed E-state index contributed by atoms with van der Waals surface area (Å²) in [7, 11) is 0. The number of aromatic nitrogens is 1. The van der Waals surface area contributed by atoms with E-state index in [0.29, 0.717) is 11.3 Å². The van der Waals surface area contributed by atoms with Gasteiger partial charge in [0, 0.05) is 22.8 Å². The topological polar surface area (TPSA) is 44.9 Å². The van der Waals surface area contributed by atoms with Crippen molar-refractivity contribution in [1.29, 1.82) is 0 Å². The van der Waals surface area contributed by atoms with Gasteiger partial charge in [0.25, 0.3) is 5.91 Å². The fourth-order valence-corrected chi connectivity index (χ4v) is 2.15. The summed E-state index contributed by atoms with van der Waals surface area (Å²) in [5, 5.41) is 3.49. The summed E-state index contributed by atoms with van der Waals surface area (Å²) < 4.78 is 13.3. The van der Waals surface area contributed by atoms with Crippen molar-refractivity contribution in [2.24, 2.45) is 0 Å². The smallest absolute Gasteiger partial charge is 0.257 e. The molecule has 100 valence electrons. The molecule has 20 heavy (non-hydrogen) atoms. The first-order chi connectivity index (χ1) is 9.65. The van der Waals surface area contributed by atoms with Crippen molar-refractivity contribution in [3.05, 3.63) is 65.1 Å². The number of aromatic amines is 1. The molecule has 1 aromatic heterocycles. The summed E-state index contributed by atoms with van der Waals surface area (Å²) >= 11 is 5.60. The molecule has 0 aliphatic heterocycles. The Balaban J connectivity index is 1.91. The lowest BCUT2D eigenvalue weighted by Gasteiger charge is -2.05. The van der Waals surface area contributed by atoms with E-state index in [9.17, 15) is 9.18 Å². The molecule has 0 aliphatic carbocycles. The summed E-state index contributed by atoms with van der Waals surface area (Å²) in [4.78, 5) is 15.2. The molecule has 0 atom stereocenters. The van der Waals surface area contributed by atoms with E-state index in [1.807, 2.05) is 24.3 Å². The Morgan fingerprint density at radius 2 is 2.00 bits per heavy atom. The number of benzene rings is 2. The summed E-state index contributed by atoms with van der Waals surface area (Å²) in [6.45, 7) is 0. The molecule has 0 radical (unpaired) electrons. The molecule has 0 saturated heterocycles. The number of hydrogen-bond acceptors (Lipinski definition) is 1. The Morgan fingerprint density at radius 1 is 1.20 bits per heavy atom. The van der Waals surface area contributed by atoms with Crippen LogP contribution in [0, 0.1) is 5.82 Å².